The van der Waals surface area contributed by atoms with E-state index < -0.39 is 0 Å². The third kappa shape index (κ3) is 1.69. The zero-order valence-corrected chi connectivity index (χ0v) is 11.4. The summed E-state index contributed by atoms with van der Waals surface area (Å²) in [6, 6.07) is 20.3. The van der Waals surface area contributed by atoms with Gasteiger partial charge >= 0.3 is 0 Å². The lowest BCUT2D eigenvalue weighted by atomic mass is 10.1. The van der Waals surface area contributed by atoms with Crippen molar-refractivity contribution in [2.24, 2.45) is 0 Å². The van der Waals surface area contributed by atoms with Crippen LogP contribution in [-0.2, 0) is 0 Å². The molecule has 0 aliphatic heterocycles. The first kappa shape index (κ1) is 11.5. The number of hydrogen-bond acceptors (Lipinski definition) is 1. The van der Waals surface area contributed by atoms with Gasteiger partial charge in [-0.25, -0.2) is 4.98 Å². The minimum Gasteiger partial charge on any atom is -0.299 e. The Bertz CT molecular complexity index is 910. The van der Waals surface area contributed by atoms with Crippen LogP contribution in [-0.4, -0.2) is 9.55 Å². The molecule has 0 saturated heterocycles. The highest BCUT2D eigenvalue weighted by atomic mass is 35.5. The van der Waals surface area contributed by atoms with Crippen LogP contribution in [0.25, 0.3) is 27.5 Å². The van der Waals surface area contributed by atoms with E-state index in [0.717, 1.165) is 32.5 Å². The SMILES string of the molecule is Clc1ccc2ccc3c(ncn3-c3ccccc3)c2c1. The van der Waals surface area contributed by atoms with Gasteiger partial charge in [-0.3, -0.25) is 4.57 Å². The molecule has 3 heteroatoms. The topological polar surface area (TPSA) is 17.8 Å². The molecule has 0 N–H and O–H groups in total. The van der Waals surface area contributed by atoms with Gasteiger partial charge < -0.3 is 0 Å². The van der Waals surface area contributed by atoms with Crippen molar-refractivity contribution in [2.75, 3.05) is 0 Å². The number of aromatic nitrogens is 2. The largest absolute Gasteiger partial charge is 0.299 e. The van der Waals surface area contributed by atoms with Crippen molar-refractivity contribution >= 4 is 33.4 Å². The van der Waals surface area contributed by atoms with Gasteiger partial charge in [0.1, 0.15) is 6.33 Å². The first-order valence-electron chi connectivity index (χ1n) is 6.44. The molecule has 0 radical (unpaired) electrons. The zero-order chi connectivity index (χ0) is 13.5. The molecular weight excluding hydrogens is 268 g/mol. The monoisotopic (exact) mass is 278 g/mol. The van der Waals surface area contributed by atoms with Crippen LogP contribution in [0, 0.1) is 0 Å². The average molecular weight is 279 g/mol. The van der Waals surface area contributed by atoms with Crippen LogP contribution in [0.4, 0.5) is 0 Å². The molecule has 4 rings (SSSR count). The molecule has 96 valence electrons. The van der Waals surface area contributed by atoms with Gasteiger partial charge in [0, 0.05) is 16.1 Å². The molecular formula is C17H11ClN2. The number of benzene rings is 3. The number of nitrogens with zero attached hydrogens (tertiary/aromatic N) is 2. The molecule has 0 amide bonds. The number of hydrogen-bond donors (Lipinski definition) is 0. The lowest BCUT2D eigenvalue weighted by molar-refractivity contribution is 1.09. The molecule has 2 nitrogen and oxygen atoms in total. The van der Waals surface area contributed by atoms with Gasteiger partial charge in [-0.15, -0.1) is 0 Å². The Morgan fingerprint density at radius 1 is 0.900 bits per heavy atom. The summed E-state index contributed by atoms with van der Waals surface area (Å²) >= 11 is 6.11. The van der Waals surface area contributed by atoms with E-state index in [-0.39, 0.29) is 0 Å². The third-order valence-electron chi connectivity index (χ3n) is 3.53. The Morgan fingerprint density at radius 3 is 2.55 bits per heavy atom. The molecule has 4 aromatic rings. The Hall–Kier alpha value is -2.32. The summed E-state index contributed by atoms with van der Waals surface area (Å²) in [5, 5.41) is 2.98. The molecule has 0 bridgehead atoms. The van der Waals surface area contributed by atoms with E-state index in [9.17, 15) is 0 Å². The van der Waals surface area contributed by atoms with Gasteiger partial charge in [0.05, 0.1) is 11.0 Å². The fourth-order valence-corrected chi connectivity index (χ4v) is 2.74. The van der Waals surface area contributed by atoms with Crippen LogP contribution in [0.5, 0.6) is 0 Å². The highest BCUT2D eigenvalue weighted by molar-refractivity contribution is 6.31. The highest BCUT2D eigenvalue weighted by Crippen LogP contribution is 2.28. The molecule has 0 fully saturated rings. The van der Waals surface area contributed by atoms with E-state index >= 15 is 0 Å². The molecule has 3 aromatic carbocycles. The predicted molar refractivity (Wildman–Crippen MR) is 83.6 cm³/mol. The maximum Gasteiger partial charge on any atom is 0.100 e. The first-order chi connectivity index (χ1) is 9.83. The normalized spacial score (nSPS) is 11.2. The van der Waals surface area contributed by atoms with Gasteiger partial charge in [0.25, 0.3) is 0 Å². The molecule has 0 aliphatic rings. The Balaban J connectivity index is 2.07. The second kappa shape index (κ2) is 4.36. The van der Waals surface area contributed by atoms with Crippen molar-refractivity contribution in [1.29, 1.82) is 0 Å². The van der Waals surface area contributed by atoms with Crippen molar-refractivity contribution in [1.82, 2.24) is 9.55 Å². The van der Waals surface area contributed by atoms with Crippen LogP contribution < -0.4 is 0 Å². The molecule has 0 saturated carbocycles. The maximum absolute atomic E-state index is 6.11. The van der Waals surface area contributed by atoms with E-state index in [1.165, 1.54) is 0 Å². The summed E-state index contributed by atoms with van der Waals surface area (Å²) in [7, 11) is 0. The van der Waals surface area contributed by atoms with Crippen LogP contribution in [0.2, 0.25) is 5.02 Å². The number of rotatable bonds is 1. The van der Waals surface area contributed by atoms with E-state index in [1.807, 2.05) is 42.7 Å². The van der Waals surface area contributed by atoms with Crippen molar-refractivity contribution < 1.29 is 0 Å². The van der Waals surface area contributed by atoms with E-state index in [2.05, 4.69) is 33.8 Å². The van der Waals surface area contributed by atoms with Crippen LogP contribution >= 0.6 is 11.6 Å². The van der Waals surface area contributed by atoms with E-state index in [4.69, 9.17) is 11.6 Å². The Labute approximate surface area is 121 Å². The number of imidazole rings is 1. The third-order valence-corrected chi connectivity index (χ3v) is 3.77. The van der Waals surface area contributed by atoms with Crippen molar-refractivity contribution in [3.05, 3.63) is 72.0 Å². The van der Waals surface area contributed by atoms with Gasteiger partial charge in [0.2, 0.25) is 0 Å². The van der Waals surface area contributed by atoms with Crippen molar-refractivity contribution in [2.45, 2.75) is 0 Å². The minimum absolute atomic E-state index is 0.735. The minimum atomic E-state index is 0.735. The molecule has 1 heterocycles. The van der Waals surface area contributed by atoms with Crippen LogP contribution in [0.3, 0.4) is 0 Å². The summed E-state index contributed by atoms with van der Waals surface area (Å²) in [4.78, 5) is 4.57. The van der Waals surface area contributed by atoms with Gasteiger partial charge in [-0.1, -0.05) is 41.9 Å². The average Bonchev–Trinajstić information content (AvgIpc) is 2.92. The lowest BCUT2D eigenvalue weighted by Gasteiger charge is -2.05. The Kier molecular flexibility index (Phi) is 2.51. The summed E-state index contributed by atoms with van der Waals surface area (Å²) < 4.78 is 2.09. The number of halogens is 1. The van der Waals surface area contributed by atoms with Crippen LogP contribution in [0.1, 0.15) is 0 Å². The zero-order valence-electron chi connectivity index (χ0n) is 10.6. The fourth-order valence-electron chi connectivity index (χ4n) is 2.57. The first-order valence-corrected chi connectivity index (χ1v) is 6.81. The van der Waals surface area contributed by atoms with E-state index in [0.29, 0.717) is 0 Å². The summed E-state index contributed by atoms with van der Waals surface area (Å²) in [5.74, 6) is 0. The maximum atomic E-state index is 6.11. The van der Waals surface area contributed by atoms with Crippen molar-refractivity contribution in [3.63, 3.8) is 0 Å². The highest BCUT2D eigenvalue weighted by Gasteiger charge is 2.08. The predicted octanol–water partition coefficient (Wildman–Crippen LogP) is 4.83. The molecule has 20 heavy (non-hydrogen) atoms. The van der Waals surface area contributed by atoms with Gasteiger partial charge in [0.15, 0.2) is 0 Å². The van der Waals surface area contributed by atoms with Gasteiger partial charge in [-0.05, 0) is 35.7 Å². The van der Waals surface area contributed by atoms with Crippen LogP contribution in [0.15, 0.2) is 67.0 Å². The van der Waals surface area contributed by atoms with Crippen molar-refractivity contribution in [3.8, 4) is 5.69 Å². The second-order valence-electron chi connectivity index (χ2n) is 4.75. The molecule has 0 spiro atoms. The summed E-state index contributed by atoms with van der Waals surface area (Å²) in [5.41, 5.74) is 3.18. The fraction of sp³-hybridized carbons (Fsp3) is 0. The molecule has 0 aliphatic carbocycles. The smallest absolute Gasteiger partial charge is 0.100 e. The Morgan fingerprint density at radius 2 is 1.70 bits per heavy atom. The molecule has 1 aromatic heterocycles. The lowest BCUT2D eigenvalue weighted by Crippen LogP contribution is -1.90. The quantitative estimate of drug-likeness (QED) is 0.487. The molecule has 0 unspecified atom stereocenters. The number of para-hydroxylation sites is 1. The standard InChI is InChI=1S/C17H11ClN2/c18-13-8-6-12-7-9-16-17(15(12)10-13)19-11-20(16)14-4-2-1-3-5-14/h1-11H. The summed E-state index contributed by atoms with van der Waals surface area (Å²) in [6.45, 7) is 0. The number of fused-ring (bicyclic) bond motifs is 3. The molecule has 0 atom stereocenters. The van der Waals surface area contributed by atoms with Gasteiger partial charge in [-0.2, -0.15) is 0 Å². The second-order valence-corrected chi connectivity index (χ2v) is 5.19. The van der Waals surface area contributed by atoms with E-state index in [1.54, 1.807) is 0 Å². The summed E-state index contributed by atoms with van der Waals surface area (Å²) in [6.07, 6.45) is 1.86.